The molecule has 2 N–H and O–H groups in total. The molecule has 6 heteroatoms. The number of methoxy groups -OCH3 is 1. The van der Waals surface area contributed by atoms with Crippen LogP contribution in [0, 0.1) is 0 Å². The molecule has 0 saturated carbocycles. The topological polar surface area (TPSA) is 70.7 Å². The van der Waals surface area contributed by atoms with Gasteiger partial charge in [-0.05, 0) is 49.2 Å². The van der Waals surface area contributed by atoms with E-state index in [0.717, 1.165) is 23.4 Å². The van der Waals surface area contributed by atoms with E-state index in [2.05, 4.69) is 10.6 Å². The number of nitrogens with zero attached hydrogens (tertiary/aromatic N) is 1. The molecule has 0 fully saturated rings. The molecule has 0 bridgehead atoms. The van der Waals surface area contributed by atoms with Gasteiger partial charge >= 0.3 is 0 Å². The molecular weight excluding hydrogens is 330 g/mol. The summed E-state index contributed by atoms with van der Waals surface area (Å²) >= 11 is 0. The van der Waals surface area contributed by atoms with Crippen molar-refractivity contribution in [2.45, 2.75) is 26.3 Å². The zero-order valence-electron chi connectivity index (χ0n) is 15.2. The summed E-state index contributed by atoms with van der Waals surface area (Å²) in [6.45, 7) is 4.09. The van der Waals surface area contributed by atoms with Gasteiger partial charge in [0.15, 0.2) is 0 Å². The largest absolute Gasteiger partial charge is 0.497 e. The van der Waals surface area contributed by atoms with Crippen molar-refractivity contribution in [3.63, 3.8) is 0 Å². The van der Waals surface area contributed by atoms with E-state index in [9.17, 15) is 9.59 Å². The highest BCUT2D eigenvalue weighted by Crippen LogP contribution is 2.30. The quantitative estimate of drug-likeness (QED) is 0.867. The molecule has 1 heterocycles. The Morgan fingerprint density at radius 2 is 1.96 bits per heavy atom. The number of hydrogen-bond donors (Lipinski definition) is 2. The molecule has 0 aromatic heterocycles. The zero-order chi connectivity index (χ0) is 18.7. The van der Waals surface area contributed by atoms with E-state index < -0.39 is 6.04 Å². The predicted octanol–water partition coefficient (Wildman–Crippen LogP) is 3.04. The van der Waals surface area contributed by atoms with Crippen molar-refractivity contribution in [1.29, 1.82) is 0 Å². The number of hydrogen-bond acceptors (Lipinski definition) is 4. The van der Waals surface area contributed by atoms with Crippen molar-refractivity contribution in [2.75, 3.05) is 29.2 Å². The fourth-order valence-electron chi connectivity index (χ4n) is 3.09. The third kappa shape index (κ3) is 3.79. The number of carbonyl (C=O) groups excluding carboxylic acids is 2. The average molecular weight is 353 g/mol. The lowest BCUT2D eigenvalue weighted by molar-refractivity contribution is -0.117. The van der Waals surface area contributed by atoms with Crippen LogP contribution >= 0.6 is 0 Å². The second-order valence-electron chi connectivity index (χ2n) is 6.35. The van der Waals surface area contributed by atoms with Gasteiger partial charge in [-0.3, -0.25) is 9.59 Å². The monoisotopic (exact) mass is 353 g/mol. The summed E-state index contributed by atoms with van der Waals surface area (Å²) in [7, 11) is 1.59. The van der Waals surface area contributed by atoms with E-state index in [1.54, 1.807) is 25.0 Å². The Bertz CT molecular complexity index is 835. The van der Waals surface area contributed by atoms with Crippen LogP contribution in [-0.2, 0) is 16.0 Å². The number of benzene rings is 2. The highest BCUT2D eigenvalue weighted by Gasteiger charge is 2.22. The van der Waals surface area contributed by atoms with Crippen LogP contribution in [0.3, 0.4) is 0 Å². The molecule has 1 aliphatic heterocycles. The molecule has 2 amide bonds. The summed E-state index contributed by atoms with van der Waals surface area (Å²) < 4.78 is 5.17. The molecule has 0 radical (unpaired) electrons. The maximum atomic E-state index is 12.4. The van der Waals surface area contributed by atoms with Gasteiger partial charge in [0.2, 0.25) is 11.8 Å². The number of ether oxygens (including phenoxy) is 1. The Balaban J connectivity index is 1.65. The van der Waals surface area contributed by atoms with Crippen LogP contribution in [0.1, 0.15) is 19.4 Å². The smallest absolute Gasteiger partial charge is 0.246 e. The van der Waals surface area contributed by atoms with Gasteiger partial charge in [0.1, 0.15) is 11.8 Å². The van der Waals surface area contributed by atoms with Gasteiger partial charge in [-0.15, -0.1) is 0 Å². The van der Waals surface area contributed by atoms with Gasteiger partial charge in [0.05, 0.1) is 7.11 Å². The van der Waals surface area contributed by atoms with Gasteiger partial charge in [-0.2, -0.15) is 0 Å². The minimum absolute atomic E-state index is 0.0514. The molecule has 1 atom stereocenters. The van der Waals surface area contributed by atoms with Crippen LogP contribution in [0.25, 0.3) is 0 Å². The predicted molar refractivity (Wildman–Crippen MR) is 103 cm³/mol. The molecule has 0 saturated heterocycles. The molecule has 0 spiro atoms. The first-order valence-corrected chi connectivity index (χ1v) is 8.60. The molecule has 3 rings (SSSR count). The van der Waals surface area contributed by atoms with E-state index in [4.69, 9.17) is 4.74 Å². The molecule has 26 heavy (non-hydrogen) atoms. The first kappa shape index (κ1) is 17.8. The fraction of sp³-hybridized carbons (Fsp3) is 0.300. The van der Waals surface area contributed by atoms with E-state index in [1.807, 2.05) is 43.3 Å². The summed E-state index contributed by atoms with van der Waals surface area (Å²) in [5, 5.41) is 6.09. The van der Waals surface area contributed by atoms with Crippen molar-refractivity contribution >= 4 is 28.9 Å². The van der Waals surface area contributed by atoms with Gasteiger partial charge in [0.25, 0.3) is 0 Å². The fourth-order valence-corrected chi connectivity index (χ4v) is 3.09. The number of fused-ring (bicyclic) bond motifs is 1. The number of rotatable bonds is 5. The van der Waals surface area contributed by atoms with Crippen molar-refractivity contribution < 1.29 is 14.3 Å². The molecule has 136 valence electrons. The minimum atomic E-state index is -0.412. The van der Waals surface area contributed by atoms with Crippen molar-refractivity contribution in [3.05, 3.63) is 48.0 Å². The molecule has 1 unspecified atom stereocenters. The molecule has 1 aliphatic rings. The molecule has 2 aromatic rings. The first-order valence-electron chi connectivity index (χ1n) is 8.60. The van der Waals surface area contributed by atoms with Crippen molar-refractivity contribution in [1.82, 2.24) is 0 Å². The second kappa shape index (κ2) is 7.47. The number of nitrogens with one attached hydrogen (secondary N) is 2. The number of amides is 2. The standard InChI is InChI=1S/C20H23N3O3/c1-13(20(25)22-16-5-4-6-18(12-16)26-3)21-17-7-8-19-15(11-17)9-10-23(19)14(2)24/h4-8,11-13,21H,9-10H2,1-3H3,(H,22,25). The summed E-state index contributed by atoms with van der Waals surface area (Å²) in [6, 6.07) is 12.7. The maximum Gasteiger partial charge on any atom is 0.246 e. The zero-order valence-corrected chi connectivity index (χ0v) is 15.2. The number of carbonyl (C=O) groups is 2. The summed E-state index contributed by atoms with van der Waals surface area (Å²) in [4.78, 5) is 25.8. The van der Waals surface area contributed by atoms with E-state index in [0.29, 0.717) is 18.0 Å². The molecule has 0 aliphatic carbocycles. The highest BCUT2D eigenvalue weighted by atomic mass is 16.5. The summed E-state index contributed by atoms with van der Waals surface area (Å²) in [6.07, 6.45) is 0.828. The number of anilines is 3. The van der Waals surface area contributed by atoms with E-state index >= 15 is 0 Å². The van der Waals surface area contributed by atoms with Crippen molar-refractivity contribution in [3.8, 4) is 5.75 Å². The Hall–Kier alpha value is -3.02. The average Bonchev–Trinajstić information content (AvgIpc) is 3.05. The lowest BCUT2D eigenvalue weighted by Crippen LogP contribution is -2.31. The van der Waals surface area contributed by atoms with Crippen LogP contribution < -0.4 is 20.3 Å². The third-order valence-electron chi connectivity index (χ3n) is 4.47. The molecule has 6 nitrogen and oxygen atoms in total. The Morgan fingerprint density at radius 3 is 2.69 bits per heavy atom. The van der Waals surface area contributed by atoms with E-state index in [1.165, 1.54) is 0 Å². The molecular formula is C20H23N3O3. The van der Waals surface area contributed by atoms with Crippen LogP contribution in [0.15, 0.2) is 42.5 Å². The van der Waals surface area contributed by atoms with Crippen molar-refractivity contribution in [2.24, 2.45) is 0 Å². The highest BCUT2D eigenvalue weighted by molar-refractivity contribution is 5.97. The van der Waals surface area contributed by atoms with E-state index in [-0.39, 0.29) is 11.8 Å². The maximum absolute atomic E-state index is 12.4. The van der Waals surface area contributed by atoms with Gasteiger partial charge in [0, 0.05) is 36.6 Å². The van der Waals surface area contributed by atoms with Crippen LogP contribution in [0.2, 0.25) is 0 Å². The SMILES string of the molecule is COc1cccc(NC(=O)C(C)Nc2ccc3c(c2)CCN3C(C)=O)c1. The minimum Gasteiger partial charge on any atom is -0.497 e. The Labute approximate surface area is 153 Å². The summed E-state index contributed by atoms with van der Waals surface area (Å²) in [5.74, 6) is 0.608. The van der Waals surface area contributed by atoms with Gasteiger partial charge < -0.3 is 20.3 Å². The van der Waals surface area contributed by atoms with Crippen LogP contribution in [-0.4, -0.2) is 31.5 Å². The van der Waals surface area contributed by atoms with Crippen LogP contribution in [0.5, 0.6) is 5.75 Å². The van der Waals surface area contributed by atoms with Gasteiger partial charge in [-0.1, -0.05) is 6.07 Å². The van der Waals surface area contributed by atoms with Crippen LogP contribution in [0.4, 0.5) is 17.1 Å². The first-order chi connectivity index (χ1) is 12.5. The Morgan fingerprint density at radius 1 is 1.15 bits per heavy atom. The lowest BCUT2D eigenvalue weighted by atomic mass is 10.1. The van der Waals surface area contributed by atoms with Gasteiger partial charge in [-0.25, -0.2) is 0 Å². The summed E-state index contributed by atoms with van der Waals surface area (Å²) in [5.41, 5.74) is 3.62. The second-order valence-corrected chi connectivity index (χ2v) is 6.35. The Kier molecular flexibility index (Phi) is 5.11. The lowest BCUT2D eigenvalue weighted by Gasteiger charge is -2.18. The molecule has 2 aromatic carbocycles. The normalized spacial score (nSPS) is 13.7. The third-order valence-corrected chi connectivity index (χ3v) is 4.47.